The molecule has 1 aromatic heterocycles. The Morgan fingerprint density at radius 3 is 2.85 bits per heavy atom. The fraction of sp³-hybridized carbons (Fsp3) is 0.379. The molecule has 1 aromatic carbocycles. The quantitative estimate of drug-likeness (QED) is 0.294. The van der Waals surface area contributed by atoms with Crippen LogP contribution in [0.15, 0.2) is 66.4 Å². The van der Waals surface area contributed by atoms with Gasteiger partial charge in [0.15, 0.2) is 0 Å². The number of nitrogens with one attached hydrogen (secondary N) is 5. The molecule has 0 unspecified atom stereocenters. The second-order valence-corrected chi connectivity index (χ2v) is 11.7. The van der Waals surface area contributed by atoms with Gasteiger partial charge < -0.3 is 16.1 Å². The lowest BCUT2D eigenvalue weighted by Gasteiger charge is -2.28. The minimum absolute atomic E-state index is 0.0215. The van der Waals surface area contributed by atoms with Crippen LogP contribution in [-0.4, -0.2) is 40.2 Å². The second kappa shape index (κ2) is 10.8. The maximum atomic E-state index is 9.83. The van der Waals surface area contributed by atoms with Crippen molar-refractivity contribution in [2.45, 2.75) is 52.6 Å². The lowest BCUT2D eigenvalue weighted by molar-refractivity contribution is 0.260. The zero-order valence-corrected chi connectivity index (χ0v) is 23.7. The van der Waals surface area contributed by atoms with Crippen molar-refractivity contribution in [2.75, 3.05) is 23.7 Å². The zero-order chi connectivity index (χ0) is 27.7. The van der Waals surface area contributed by atoms with Crippen LogP contribution in [-0.2, 0) is 0 Å². The summed E-state index contributed by atoms with van der Waals surface area (Å²) in [6.07, 6.45) is 12.1. The van der Waals surface area contributed by atoms with Crippen molar-refractivity contribution < 1.29 is 0 Å². The van der Waals surface area contributed by atoms with E-state index in [1.54, 1.807) is 6.20 Å². The third kappa shape index (κ3) is 5.83. The van der Waals surface area contributed by atoms with Crippen molar-refractivity contribution in [2.24, 2.45) is 5.41 Å². The summed E-state index contributed by atoms with van der Waals surface area (Å²) >= 11 is 6.78. The molecule has 5 rings (SSSR count). The van der Waals surface area contributed by atoms with E-state index in [-0.39, 0.29) is 11.5 Å². The third-order valence-corrected chi connectivity index (χ3v) is 7.09. The van der Waals surface area contributed by atoms with Gasteiger partial charge in [-0.1, -0.05) is 45.0 Å². The van der Waals surface area contributed by atoms with Crippen LogP contribution in [0.4, 0.5) is 11.4 Å². The minimum atomic E-state index is -0.285. The number of benzene rings is 1. The lowest BCUT2D eigenvalue weighted by Crippen LogP contribution is -2.41. The molecule has 5 N–H and O–H groups in total. The predicted octanol–water partition coefficient (Wildman–Crippen LogP) is 5.12. The molecule has 0 saturated heterocycles. The highest BCUT2D eigenvalue weighted by atomic mass is 35.5. The minimum Gasteiger partial charge on any atom is -0.383 e. The van der Waals surface area contributed by atoms with E-state index in [4.69, 9.17) is 11.6 Å². The normalized spacial score (nSPS) is 18.2. The van der Waals surface area contributed by atoms with Crippen molar-refractivity contribution in [3.63, 3.8) is 0 Å². The molecular weight excluding hydrogens is 510 g/mol. The van der Waals surface area contributed by atoms with Crippen molar-refractivity contribution in [3.05, 3.63) is 77.0 Å². The van der Waals surface area contributed by atoms with E-state index in [1.807, 2.05) is 36.3 Å². The highest BCUT2D eigenvalue weighted by molar-refractivity contribution is 6.35. The summed E-state index contributed by atoms with van der Waals surface area (Å²) in [6.45, 7) is 14.4. The molecule has 204 valence electrons. The highest BCUT2D eigenvalue weighted by Crippen LogP contribution is 2.36. The molecule has 1 fully saturated rings. The van der Waals surface area contributed by atoms with Crippen molar-refractivity contribution in [1.82, 2.24) is 31.4 Å². The van der Waals surface area contributed by atoms with Gasteiger partial charge in [0.05, 0.1) is 39.2 Å². The number of halogens is 1. The van der Waals surface area contributed by atoms with E-state index in [2.05, 4.69) is 82.7 Å². The Morgan fingerprint density at radius 2 is 2.15 bits per heavy atom. The first-order chi connectivity index (χ1) is 18.7. The Morgan fingerprint density at radius 1 is 1.36 bits per heavy atom. The van der Waals surface area contributed by atoms with Gasteiger partial charge in [0.25, 0.3) is 0 Å². The van der Waals surface area contributed by atoms with Gasteiger partial charge in [-0.25, -0.2) is 5.43 Å². The van der Waals surface area contributed by atoms with Crippen LogP contribution in [0.1, 0.15) is 46.1 Å². The third-order valence-electron chi connectivity index (χ3n) is 6.80. The Labute approximate surface area is 235 Å². The SMILES string of the molecule is C=C(C1=CCNN1/C=C\C)[C@H](Nc1cc(Cl)c2ncc(C#N)c(NCC(C)(C)C)c2c1)C1=CN(C2CC2)NN1. The number of aromatic nitrogens is 1. The molecule has 0 spiro atoms. The molecule has 3 aliphatic rings. The number of fused-ring (bicyclic) bond motifs is 1. The molecule has 2 aliphatic heterocycles. The fourth-order valence-electron chi connectivity index (χ4n) is 4.67. The molecule has 0 radical (unpaired) electrons. The van der Waals surface area contributed by atoms with Crippen LogP contribution < -0.4 is 27.0 Å². The summed E-state index contributed by atoms with van der Waals surface area (Å²) in [5.41, 5.74) is 15.5. The van der Waals surface area contributed by atoms with Crippen LogP contribution in [0.3, 0.4) is 0 Å². The monoisotopic (exact) mass is 545 g/mol. The summed E-state index contributed by atoms with van der Waals surface area (Å²) in [7, 11) is 0. The van der Waals surface area contributed by atoms with Gasteiger partial charge >= 0.3 is 0 Å². The van der Waals surface area contributed by atoms with Crippen LogP contribution in [0, 0.1) is 16.7 Å². The van der Waals surface area contributed by atoms with E-state index in [0.29, 0.717) is 28.7 Å². The van der Waals surface area contributed by atoms with Crippen LogP contribution in [0.5, 0.6) is 0 Å². The van der Waals surface area contributed by atoms with Gasteiger partial charge in [0.1, 0.15) is 6.07 Å². The second-order valence-electron chi connectivity index (χ2n) is 11.3. The number of hydrazine groups is 3. The first kappa shape index (κ1) is 26.9. The number of hydrogen-bond acceptors (Lipinski definition) is 9. The number of pyridine rings is 1. The van der Waals surface area contributed by atoms with E-state index in [0.717, 1.165) is 40.3 Å². The summed E-state index contributed by atoms with van der Waals surface area (Å²) in [5, 5.41) is 22.4. The maximum Gasteiger partial charge on any atom is 0.103 e. The summed E-state index contributed by atoms with van der Waals surface area (Å²) in [6, 6.07) is 6.38. The first-order valence-electron chi connectivity index (χ1n) is 13.3. The van der Waals surface area contributed by atoms with Crippen molar-refractivity contribution in [3.8, 4) is 6.07 Å². The van der Waals surface area contributed by atoms with Crippen LogP contribution >= 0.6 is 11.6 Å². The van der Waals surface area contributed by atoms with E-state index in [1.165, 1.54) is 12.8 Å². The Bertz CT molecular complexity index is 1410. The molecule has 0 amide bonds. The number of nitrogens with zero attached hydrogens (tertiary/aromatic N) is 4. The zero-order valence-electron chi connectivity index (χ0n) is 22.9. The van der Waals surface area contributed by atoms with Crippen LogP contribution in [0.25, 0.3) is 10.9 Å². The predicted molar refractivity (Wildman–Crippen MR) is 158 cm³/mol. The molecule has 39 heavy (non-hydrogen) atoms. The highest BCUT2D eigenvalue weighted by Gasteiger charge is 2.34. The van der Waals surface area contributed by atoms with Gasteiger partial charge in [0.2, 0.25) is 0 Å². The Kier molecular flexibility index (Phi) is 7.45. The molecular formula is C29H36ClN9. The number of rotatable bonds is 9. The molecule has 1 atom stereocenters. The van der Waals surface area contributed by atoms with Crippen LogP contribution in [0.2, 0.25) is 5.02 Å². The molecule has 0 bridgehead atoms. The van der Waals surface area contributed by atoms with E-state index < -0.39 is 0 Å². The topological polar surface area (TPSA) is 103 Å². The standard InChI is InChI=1S/C29H36ClN9/c1-6-11-38-25(9-10-34-38)18(2)26(24-16-39(37-36-24)21-7-8-21)35-20-12-22-27(33-17-29(3,4)5)19(14-31)15-32-28(22)23(30)13-20/h6,9,11-13,15-16,21,26,34-37H,2,7-8,10,17H2,1,3-5H3,(H,32,33)/b11-6-/t26-/m0/s1. The number of allylic oxidation sites excluding steroid dienone is 1. The Hall–Kier alpha value is -3.71. The first-order valence-corrected chi connectivity index (χ1v) is 13.7. The number of nitriles is 1. The largest absolute Gasteiger partial charge is 0.383 e. The van der Waals surface area contributed by atoms with Crippen molar-refractivity contribution >= 4 is 33.9 Å². The molecule has 1 saturated carbocycles. The van der Waals surface area contributed by atoms with E-state index in [9.17, 15) is 5.26 Å². The molecule has 10 heteroatoms. The van der Waals surface area contributed by atoms with Gasteiger partial charge in [-0.15, -0.1) is 5.53 Å². The van der Waals surface area contributed by atoms with Gasteiger partial charge in [-0.3, -0.25) is 15.0 Å². The maximum absolute atomic E-state index is 9.83. The van der Waals surface area contributed by atoms with E-state index >= 15 is 0 Å². The number of hydrogen-bond donors (Lipinski definition) is 5. The summed E-state index contributed by atoms with van der Waals surface area (Å²) in [5.74, 6) is 0. The number of anilines is 2. The molecule has 3 heterocycles. The average Bonchev–Trinajstić information content (AvgIpc) is 3.44. The molecule has 2 aromatic rings. The average molecular weight is 546 g/mol. The fourth-order valence-corrected chi connectivity index (χ4v) is 4.94. The van der Waals surface area contributed by atoms with Gasteiger partial charge in [-0.2, -0.15) is 5.26 Å². The van der Waals surface area contributed by atoms with Gasteiger partial charge in [0, 0.05) is 48.8 Å². The van der Waals surface area contributed by atoms with Gasteiger partial charge in [-0.05, 0) is 49.0 Å². The smallest absolute Gasteiger partial charge is 0.103 e. The summed E-state index contributed by atoms with van der Waals surface area (Å²) in [4.78, 5) is 4.51. The molecule has 9 nitrogen and oxygen atoms in total. The summed E-state index contributed by atoms with van der Waals surface area (Å²) < 4.78 is 0. The molecule has 1 aliphatic carbocycles. The van der Waals surface area contributed by atoms with Crippen molar-refractivity contribution in [1.29, 1.82) is 5.26 Å². The Balaban J connectivity index is 1.54. The lowest BCUT2D eigenvalue weighted by atomic mass is 9.96.